The predicted octanol–water partition coefficient (Wildman–Crippen LogP) is 3.51. The quantitative estimate of drug-likeness (QED) is 0.596. The van der Waals surface area contributed by atoms with Crippen molar-refractivity contribution in [1.82, 2.24) is 19.8 Å². The zero-order valence-electron chi connectivity index (χ0n) is 20.4. The van der Waals surface area contributed by atoms with Gasteiger partial charge in [0.25, 0.3) is 11.5 Å². The smallest absolute Gasteiger partial charge is 0.265 e. The third-order valence-corrected chi connectivity index (χ3v) is 7.55. The van der Waals surface area contributed by atoms with E-state index in [1.807, 2.05) is 31.2 Å². The van der Waals surface area contributed by atoms with Gasteiger partial charge in [0.1, 0.15) is 6.33 Å². The Hall–Kier alpha value is -3.19. The molecule has 0 bridgehead atoms. The van der Waals surface area contributed by atoms with Gasteiger partial charge in [-0.25, -0.2) is 4.98 Å². The van der Waals surface area contributed by atoms with Crippen LogP contribution in [0.15, 0.2) is 47.5 Å². The van der Waals surface area contributed by atoms with Crippen LogP contribution in [0.2, 0.25) is 0 Å². The molecule has 7 heteroatoms. The van der Waals surface area contributed by atoms with E-state index in [0.29, 0.717) is 22.2 Å². The lowest BCUT2D eigenvalue weighted by Crippen LogP contribution is -2.32. The summed E-state index contributed by atoms with van der Waals surface area (Å²) in [7, 11) is 0. The van der Waals surface area contributed by atoms with Crippen LogP contribution >= 0.6 is 0 Å². The minimum Gasteiger partial charge on any atom is -0.370 e. The Bertz CT molecular complexity index is 1320. The molecule has 0 unspecified atom stereocenters. The molecule has 1 aromatic heterocycles. The summed E-state index contributed by atoms with van der Waals surface area (Å²) >= 11 is 0. The van der Waals surface area contributed by atoms with Crippen LogP contribution in [0.4, 0.5) is 5.69 Å². The first-order valence-electron chi connectivity index (χ1n) is 13.0. The van der Waals surface area contributed by atoms with E-state index in [2.05, 4.69) is 26.2 Å². The number of nitrogens with zero attached hydrogens (tertiary/aromatic N) is 4. The van der Waals surface area contributed by atoms with E-state index >= 15 is 0 Å². The van der Waals surface area contributed by atoms with E-state index in [4.69, 9.17) is 0 Å². The number of hydrogen-bond donors (Lipinski definition) is 1. The van der Waals surface area contributed by atoms with Crippen molar-refractivity contribution in [2.45, 2.75) is 45.1 Å². The van der Waals surface area contributed by atoms with Gasteiger partial charge in [-0.15, -0.1) is 0 Å². The topological polar surface area (TPSA) is 70.5 Å². The van der Waals surface area contributed by atoms with Crippen molar-refractivity contribution in [3.05, 3.63) is 64.2 Å². The first-order valence-corrected chi connectivity index (χ1v) is 13.0. The number of carbonyl (C=O) groups is 1. The van der Waals surface area contributed by atoms with Crippen molar-refractivity contribution in [1.29, 1.82) is 0 Å². The van der Waals surface area contributed by atoms with Crippen LogP contribution in [0.1, 0.15) is 48.0 Å². The molecule has 0 radical (unpaired) electrons. The van der Waals surface area contributed by atoms with E-state index in [9.17, 15) is 9.59 Å². The molecule has 6 rings (SSSR count). The molecule has 1 N–H and O–H groups in total. The molecule has 1 amide bonds. The lowest BCUT2D eigenvalue weighted by molar-refractivity contribution is 0.0951. The molecule has 3 aromatic rings. The second-order valence-electron chi connectivity index (χ2n) is 10.5. The van der Waals surface area contributed by atoms with Gasteiger partial charge < -0.3 is 15.1 Å². The second kappa shape index (κ2) is 9.11. The van der Waals surface area contributed by atoms with E-state index in [1.165, 1.54) is 19.4 Å². The molecule has 182 valence electrons. The molecule has 2 aliphatic carbocycles. The number of carbonyl (C=O) groups excluding carboxylic acids is 1. The fourth-order valence-electron chi connectivity index (χ4n) is 5.06. The Morgan fingerprint density at radius 3 is 2.69 bits per heavy atom. The van der Waals surface area contributed by atoms with Crippen molar-refractivity contribution in [2.24, 2.45) is 5.92 Å². The van der Waals surface area contributed by atoms with Crippen LogP contribution in [0.3, 0.4) is 0 Å². The molecular weight excluding hydrogens is 438 g/mol. The molecule has 35 heavy (non-hydrogen) atoms. The molecule has 2 saturated carbocycles. The molecule has 2 heterocycles. The van der Waals surface area contributed by atoms with Crippen molar-refractivity contribution < 1.29 is 4.79 Å². The van der Waals surface area contributed by atoms with E-state index < -0.39 is 0 Å². The maximum atomic E-state index is 13.6. The van der Waals surface area contributed by atoms with Gasteiger partial charge in [-0.3, -0.25) is 14.2 Å². The van der Waals surface area contributed by atoms with E-state index in [1.54, 1.807) is 17.0 Å². The predicted molar refractivity (Wildman–Crippen MR) is 139 cm³/mol. The molecule has 0 atom stereocenters. The molecule has 1 aliphatic heterocycles. The highest BCUT2D eigenvalue weighted by molar-refractivity contribution is 5.95. The van der Waals surface area contributed by atoms with Crippen LogP contribution in [0.5, 0.6) is 0 Å². The zero-order valence-corrected chi connectivity index (χ0v) is 20.4. The average molecular weight is 472 g/mol. The summed E-state index contributed by atoms with van der Waals surface area (Å²) in [6.45, 7) is 7.38. The fourth-order valence-corrected chi connectivity index (χ4v) is 5.06. The first kappa shape index (κ1) is 22.3. The third-order valence-electron chi connectivity index (χ3n) is 7.55. The number of fused-ring (bicyclic) bond motifs is 1. The Balaban J connectivity index is 1.29. The van der Waals surface area contributed by atoms with E-state index in [0.717, 1.165) is 62.6 Å². The van der Waals surface area contributed by atoms with Gasteiger partial charge in [-0.1, -0.05) is 6.07 Å². The van der Waals surface area contributed by atoms with Gasteiger partial charge in [0.2, 0.25) is 0 Å². The summed E-state index contributed by atoms with van der Waals surface area (Å²) in [5, 5.41) is 3.64. The lowest BCUT2D eigenvalue weighted by Gasteiger charge is -2.24. The Morgan fingerprint density at radius 1 is 1.03 bits per heavy atom. The highest BCUT2D eigenvalue weighted by Crippen LogP contribution is 2.30. The largest absolute Gasteiger partial charge is 0.370 e. The van der Waals surface area contributed by atoms with Gasteiger partial charge in [0, 0.05) is 43.5 Å². The standard InChI is InChI=1S/C28H33N5O2/c1-19-3-6-21(27(34)30-22-7-8-22)15-26(19)33-18-29-25-10-9-23(16-24(25)28(33)35)32-12-2-11-31(13-14-32)17-20-4-5-20/h3,6,9-10,15-16,18,20,22H,2,4-5,7-8,11-14,17H2,1H3,(H,30,34). The SMILES string of the molecule is Cc1ccc(C(=O)NC2CC2)cc1-n1cnc2ccc(N3CCCN(CC4CC4)CC3)cc2c1=O. The monoisotopic (exact) mass is 471 g/mol. The highest BCUT2D eigenvalue weighted by atomic mass is 16.1. The number of rotatable bonds is 6. The maximum Gasteiger partial charge on any atom is 0.265 e. The number of benzene rings is 2. The van der Waals surface area contributed by atoms with Crippen LogP contribution in [0.25, 0.3) is 16.6 Å². The number of aryl methyl sites for hydroxylation is 1. The van der Waals surface area contributed by atoms with Gasteiger partial charge in [0.15, 0.2) is 0 Å². The van der Waals surface area contributed by atoms with Crippen molar-refractivity contribution in [2.75, 3.05) is 37.6 Å². The van der Waals surface area contributed by atoms with Gasteiger partial charge in [-0.05, 0) is 87.4 Å². The lowest BCUT2D eigenvalue weighted by atomic mass is 10.1. The summed E-state index contributed by atoms with van der Waals surface area (Å²) in [5.41, 5.74) is 3.86. The molecule has 7 nitrogen and oxygen atoms in total. The molecular formula is C28H33N5O2. The molecule has 3 aliphatic rings. The average Bonchev–Trinajstić information content (AvgIpc) is 3.77. The molecule has 1 saturated heterocycles. The second-order valence-corrected chi connectivity index (χ2v) is 10.5. The number of aromatic nitrogens is 2. The number of anilines is 1. The number of hydrogen-bond acceptors (Lipinski definition) is 5. The summed E-state index contributed by atoms with van der Waals surface area (Å²) in [6.07, 6.45) is 7.57. The Morgan fingerprint density at radius 2 is 1.89 bits per heavy atom. The highest BCUT2D eigenvalue weighted by Gasteiger charge is 2.26. The summed E-state index contributed by atoms with van der Waals surface area (Å²) in [5.74, 6) is 0.822. The first-order chi connectivity index (χ1) is 17.0. The van der Waals surface area contributed by atoms with Crippen LogP contribution < -0.4 is 15.8 Å². The normalized spacial score (nSPS) is 19.1. The van der Waals surface area contributed by atoms with Crippen molar-refractivity contribution in [3.8, 4) is 5.69 Å². The van der Waals surface area contributed by atoms with Crippen LogP contribution in [-0.2, 0) is 0 Å². The molecule has 2 aromatic carbocycles. The van der Waals surface area contributed by atoms with Gasteiger partial charge in [0.05, 0.1) is 16.6 Å². The third kappa shape index (κ3) is 4.82. The summed E-state index contributed by atoms with van der Waals surface area (Å²) in [6, 6.07) is 11.8. The fraction of sp³-hybridized carbons (Fsp3) is 0.464. The zero-order chi connectivity index (χ0) is 23.9. The number of amides is 1. The Kier molecular flexibility index (Phi) is 5.80. The Labute approximate surface area is 205 Å². The minimum atomic E-state index is -0.107. The number of nitrogens with one attached hydrogen (secondary N) is 1. The van der Waals surface area contributed by atoms with Crippen molar-refractivity contribution in [3.63, 3.8) is 0 Å². The van der Waals surface area contributed by atoms with Gasteiger partial charge >= 0.3 is 0 Å². The molecule has 0 spiro atoms. The summed E-state index contributed by atoms with van der Waals surface area (Å²) < 4.78 is 1.58. The maximum absolute atomic E-state index is 13.6. The van der Waals surface area contributed by atoms with Crippen molar-refractivity contribution >= 4 is 22.5 Å². The van der Waals surface area contributed by atoms with Crippen LogP contribution in [0, 0.1) is 12.8 Å². The minimum absolute atomic E-state index is 0.0882. The summed E-state index contributed by atoms with van der Waals surface area (Å²) in [4.78, 5) is 35.8. The van der Waals surface area contributed by atoms with Crippen LogP contribution in [-0.4, -0.2) is 59.1 Å². The van der Waals surface area contributed by atoms with E-state index in [-0.39, 0.29) is 17.5 Å². The van der Waals surface area contributed by atoms with Gasteiger partial charge in [-0.2, -0.15) is 0 Å². The molecule has 3 fully saturated rings.